The first kappa shape index (κ1) is 26.8. The molecule has 184 valence electrons. The van der Waals surface area contributed by atoms with Crippen molar-refractivity contribution in [1.29, 1.82) is 0 Å². The van der Waals surface area contributed by atoms with Gasteiger partial charge in [-0.3, -0.25) is 4.79 Å². The van der Waals surface area contributed by atoms with E-state index in [0.29, 0.717) is 26.8 Å². The molecule has 7 heteroatoms. The van der Waals surface area contributed by atoms with Gasteiger partial charge in [0.25, 0.3) is 0 Å². The molecular formula is C28H30ClNO4S. The van der Waals surface area contributed by atoms with E-state index in [2.05, 4.69) is 6.92 Å². The van der Waals surface area contributed by atoms with Gasteiger partial charge in [0.15, 0.2) is 10.7 Å². The van der Waals surface area contributed by atoms with Gasteiger partial charge in [0.1, 0.15) is 11.3 Å². The summed E-state index contributed by atoms with van der Waals surface area (Å²) in [5.41, 5.74) is 2.88. The molecule has 0 spiro atoms. The van der Waals surface area contributed by atoms with Gasteiger partial charge in [-0.25, -0.2) is 4.79 Å². The molecule has 3 aromatic rings. The van der Waals surface area contributed by atoms with Crippen LogP contribution in [0.2, 0.25) is 5.02 Å². The second-order valence-corrected chi connectivity index (χ2v) is 10.2. The predicted octanol–water partition coefficient (Wildman–Crippen LogP) is 6.81. The molecule has 1 atom stereocenters. The molecule has 0 aliphatic carbocycles. The molecule has 3 rings (SSSR count). The van der Waals surface area contributed by atoms with Crippen molar-refractivity contribution in [3.05, 3.63) is 88.4 Å². The minimum Gasteiger partial charge on any atom is -0.611 e. The summed E-state index contributed by atoms with van der Waals surface area (Å²) in [4.78, 5) is 28.0. The molecule has 0 saturated heterocycles. The van der Waals surface area contributed by atoms with Crippen LogP contribution in [0.25, 0.3) is 0 Å². The van der Waals surface area contributed by atoms with Crippen LogP contribution in [0.1, 0.15) is 58.9 Å². The second-order valence-electron chi connectivity index (χ2n) is 8.22. The fourth-order valence-electron chi connectivity index (χ4n) is 3.73. The van der Waals surface area contributed by atoms with Crippen LogP contribution in [0.15, 0.2) is 71.6 Å². The number of ether oxygens (including phenoxy) is 1. The third-order valence-corrected chi connectivity index (χ3v) is 7.56. The van der Waals surface area contributed by atoms with Crippen LogP contribution in [-0.4, -0.2) is 36.2 Å². The average molecular weight is 512 g/mol. The van der Waals surface area contributed by atoms with E-state index in [0.717, 1.165) is 37.1 Å². The maximum Gasteiger partial charge on any atom is 0.343 e. The third-order valence-electron chi connectivity index (χ3n) is 5.81. The van der Waals surface area contributed by atoms with Crippen LogP contribution in [0, 0.1) is 0 Å². The lowest BCUT2D eigenvalue weighted by molar-refractivity contribution is 0.0596. The number of benzene rings is 3. The SMILES string of the molecule is CCCCCC[S+]([O-])c1ccc(C(=O)c2ccc(N(C)c3ccc(Cl)cc3)cc2)cc1C(=O)OC. The monoisotopic (exact) mass is 511 g/mol. The molecule has 35 heavy (non-hydrogen) atoms. The molecule has 3 aromatic carbocycles. The van der Waals surface area contributed by atoms with Gasteiger partial charge in [-0.2, -0.15) is 0 Å². The van der Waals surface area contributed by atoms with Gasteiger partial charge in [-0.15, -0.1) is 0 Å². The van der Waals surface area contributed by atoms with E-state index in [1.807, 2.05) is 48.3 Å². The van der Waals surface area contributed by atoms with Crippen LogP contribution in [0.5, 0.6) is 0 Å². The Hall–Kier alpha value is -2.80. The Morgan fingerprint density at radius 1 is 0.914 bits per heavy atom. The number of hydrogen-bond acceptors (Lipinski definition) is 5. The Balaban J connectivity index is 1.80. The summed E-state index contributed by atoms with van der Waals surface area (Å²) in [5.74, 6) is -0.354. The maximum absolute atomic E-state index is 13.2. The van der Waals surface area contributed by atoms with Crippen molar-refractivity contribution in [1.82, 2.24) is 0 Å². The molecule has 0 aromatic heterocycles. The number of ketones is 1. The summed E-state index contributed by atoms with van der Waals surface area (Å²) in [5, 5.41) is 0.667. The smallest absolute Gasteiger partial charge is 0.343 e. The van der Waals surface area contributed by atoms with E-state index in [1.165, 1.54) is 13.2 Å². The van der Waals surface area contributed by atoms with Crippen molar-refractivity contribution in [2.45, 2.75) is 37.5 Å². The highest BCUT2D eigenvalue weighted by Gasteiger charge is 2.24. The average Bonchev–Trinajstić information content (AvgIpc) is 2.90. The summed E-state index contributed by atoms with van der Waals surface area (Å²) >= 11 is 4.63. The van der Waals surface area contributed by atoms with Crippen LogP contribution in [0.4, 0.5) is 11.4 Å². The summed E-state index contributed by atoms with van der Waals surface area (Å²) in [7, 11) is 3.21. The van der Waals surface area contributed by atoms with Crippen LogP contribution in [-0.2, 0) is 15.9 Å². The van der Waals surface area contributed by atoms with Gasteiger partial charge in [-0.05, 0) is 90.7 Å². The zero-order chi connectivity index (χ0) is 25.4. The van der Waals surface area contributed by atoms with Crippen molar-refractivity contribution >= 4 is 45.9 Å². The van der Waals surface area contributed by atoms with E-state index in [9.17, 15) is 14.1 Å². The fourth-order valence-corrected chi connectivity index (χ4v) is 5.15. The Morgan fingerprint density at radius 2 is 1.51 bits per heavy atom. The van der Waals surface area contributed by atoms with Gasteiger partial charge >= 0.3 is 5.97 Å². The van der Waals surface area contributed by atoms with Gasteiger partial charge in [0.05, 0.1) is 7.11 Å². The van der Waals surface area contributed by atoms with E-state index in [1.54, 1.807) is 24.3 Å². The highest BCUT2D eigenvalue weighted by atomic mass is 35.5. The normalized spacial score (nSPS) is 11.7. The van der Waals surface area contributed by atoms with Crippen molar-refractivity contribution < 1.29 is 18.9 Å². The number of hydrogen-bond donors (Lipinski definition) is 0. The molecule has 0 aliphatic heterocycles. The molecule has 0 bridgehead atoms. The standard InChI is InChI=1S/C28H30ClNO4S/c1-4-5-6-7-18-35(33)26-17-10-21(19-25(26)28(32)34-3)27(31)20-8-13-23(14-9-20)30(2)24-15-11-22(29)12-16-24/h8-17,19H,4-7,18H2,1-3H3. The lowest BCUT2D eigenvalue weighted by Gasteiger charge is -2.20. The summed E-state index contributed by atoms with van der Waals surface area (Å²) in [6.07, 6.45) is 3.99. The van der Waals surface area contributed by atoms with E-state index in [4.69, 9.17) is 16.3 Å². The largest absolute Gasteiger partial charge is 0.611 e. The van der Waals surface area contributed by atoms with Crippen molar-refractivity contribution in [3.8, 4) is 0 Å². The van der Waals surface area contributed by atoms with Gasteiger partial charge in [0.2, 0.25) is 0 Å². The lowest BCUT2D eigenvalue weighted by Crippen LogP contribution is -2.15. The number of unbranched alkanes of at least 4 members (excludes halogenated alkanes) is 3. The maximum atomic E-state index is 13.2. The van der Waals surface area contributed by atoms with Gasteiger partial charge in [0, 0.05) is 34.6 Å². The van der Waals surface area contributed by atoms with Crippen LogP contribution in [0.3, 0.4) is 0 Å². The number of carbonyl (C=O) groups is 2. The van der Waals surface area contributed by atoms with Crippen LogP contribution >= 0.6 is 11.6 Å². The molecule has 0 radical (unpaired) electrons. The summed E-state index contributed by atoms with van der Waals surface area (Å²) < 4.78 is 17.7. The minimum atomic E-state index is -1.34. The number of anilines is 2. The van der Waals surface area contributed by atoms with Crippen molar-refractivity contribution in [2.75, 3.05) is 24.8 Å². The topological polar surface area (TPSA) is 69.7 Å². The molecule has 0 saturated carbocycles. The molecule has 1 unspecified atom stereocenters. The number of methoxy groups -OCH3 is 1. The first-order valence-electron chi connectivity index (χ1n) is 11.6. The number of nitrogens with zero attached hydrogens (tertiary/aromatic N) is 1. The number of esters is 1. The van der Waals surface area contributed by atoms with E-state index < -0.39 is 17.1 Å². The summed E-state index contributed by atoms with van der Waals surface area (Å²) in [6.45, 7) is 2.12. The number of carbonyl (C=O) groups excluding carboxylic acids is 2. The highest BCUT2D eigenvalue weighted by molar-refractivity contribution is 7.91. The molecule has 0 N–H and O–H groups in total. The Bertz CT molecular complexity index is 1150. The lowest BCUT2D eigenvalue weighted by atomic mass is 10.0. The van der Waals surface area contributed by atoms with Crippen molar-refractivity contribution in [3.63, 3.8) is 0 Å². The Labute approximate surface area is 215 Å². The molecule has 5 nitrogen and oxygen atoms in total. The second kappa shape index (κ2) is 12.8. The first-order chi connectivity index (χ1) is 16.8. The summed E-state index contributed by atoms with van der Waals surface area (Å²) in [6, 6.07) is 19.4. The van der Waals surface area contributed by atoms with Crippen LogP contribution < -0.4 is 4.90 Å². The molecule has 0 fully saturated rings. The van der Waals surface area contributed by atoms with Gasteiger partial charge < -0.3 is 14.2 Å². The highest BCUT2D eigenvalue weighted by Crippen LogP contribution is 2.27. The zero-order valence-electron chi connectivity index (χ0n) is 20.3. The van der Waals surface area contributed by atoms with Gasteiger partial charge in [-0.1, -0.05) is 31.4 Å². The quantitative estimate of drug-likeness (QED) is 0.122. The predicted molar refractivity (Wildman–Crippen MR) is 143 cm³/mol. The minimum absolute atomic E-state index is 0.172. The molecule has 0 amide bonds. The zero-order valence-corrected chi connectivity index (χ0v) is 21.8. The molecular weight excluding hydrogens is 482 g/mol. The van der Waals surface area contributed by atoms with E-state index in [-0.39, 0.29) is 11.3 Å². The fraction of sp³-hybridized carbons (Fsp3) is 0.286. The number of rotatable bonds is 11. The first-order valence-corrected chi connectivity index (χ1v) is 13.3. The van der Waals surface area contributed by atoms with Crippen molar-refractivity contribution in [2.24, 2.45) is 0 Å². The third kappa shape index (κ3) is 6.88. The van der Waals surface area contributed by atoms with E-state index >= 15 is 0 Å². The Morgan fingerprint density at radius 3 is 2.11 bits per heavy atom. The molecule has 0 heterocycles. The number of halogens is 1. The Kier molecular flexibility index (Phi) is 9.78. The molecule has 0 aliphatic rings.